The van der Waals surface area contributed by atoms with Gasteiger partial charge in [-0.1, -0.05) is 0 Å². The number of nitrogens with zero attached hydrogens (tertiary/aromatic N) is 3. The highest BCUT2D eigenvalue weighted by atomic mass is 19.4. The van der Waals surface area contributed by atoms with E-state index < -0.39 is 41.5 Å². The molecular weight excluding hydrogens is 257 g/mol. The molecule has 0 N–H and O–H groups in total. The molecule has 0 aliphatic heterocycles. The number of hydrogen-bond acceptors (Lipinski definition) is 3. The van der Waals surface area contributed by atoms with Gasteiger partial charge in [-0.2, -0.15) is 23.7 Å². The van der Waals surface area contributed by atoms with Crippen LogP contribution in [0.2, 0.25) is 0 Å². The average Bonchev–Trinajstić information content (AvgIpc) is 2.26. The summed E-state index contributed by atoms with van der Waals surface area (Å²) in [7, 11) is 0. The maximum Gasteiger partial charge on any atom is 0.419 e. The zero-order valence-electron chi connectivity index (χ0n) is 8.59. The fourth-order valence-corrected chi connectivity index (χ4v) is 1.35. The molecule has 0 unspecified atom stereocenters. The lowest BCUT2D eigenvalue weighted by atomic mass is 10.0. The predicted octanol–water partition coefficient (Wildman–Crippen LogP) is 2.98. The molecule has 1 aromatic heterocycles. The minimum absolute atomic E-state index is 0.498. The van der Waals surface area contributed by atoms with Gasteiger partial charge in [-0.3, -0.25) is 0 Å². The van der Waals surface area contributed by atoms with Crippen molar-refractivity contribution in [1.82, 2.24) is 4.98 Å². The molecule has 0 fully saturated rings. The summed E-state index contributed by atoms with van der Waals surface area (Å²) < 4.78 is 62.8. The molecule has 1 aromatic rings. The summed E-state index contributed by atoms with van der Waals surface area (Å²) in [5, 5.41) is 16.9. The van der Waals surface area contributed by atoms with Crippen molar-refractivity contribution in [3.8, 4) is 12.1 Å². The Kier molecular flexibility index (Phi) is 3.82. The third-order valence-electron chi connectivity index (χ3n) is 2.00. The third kappa shape index (κ3) is 2.72. The fraction of sp³-hybridized carbons (Fsp3) is 0.300. The monoisotopic (exact) mass is 261 g/mol. The number of halogens is 5. The summed E-state index contributed by atoms with van der Waals surface area (Å²) in [6, 6.07) is 3.05. The molecule has 18 heavy (non-hydrogen) atoms. The van der Waals surface area contributed by atoms with Crippen LogP contribution in [0.4, 0.5) is 22.0 Å². The second-order valence-corrected chi connectivity index (χ2v) is 3.18. The molecule has 8 heteroatoms. The van der Waals surface area contributed by atoms with E-state index in [-0.39, 0.29) is 0 Å². The smallest absolute Gasteiger partial charge is 0.235 e. The molecule has 3 nitrogen and oxygen atoms in total. The molecule has 0 amide bonds. The first-order valence-corrected chi connectivity index (χ1v) is 4.47. The van der Waals surface area contributed by atoms with E-state index in [9.17, 15) is 22.0 Å². The fourth-order valence-electron chi connectivity index (χ4n) is 1.35. The van der Waals surface area contributed by atoms with E-state index >= 15 is 0 Å². The maximum atomic E-state index is 12.7. The van der Waals surface area contributed by atoms with Gasteiger partial charge in [0.2, 0.25) is 0 Å². The third-order valence-corrected chi connectivity index (χ3v) is 2.00. The summed E-state index contributed by atoms with van der Waals surface area (Å²) in [5.41, 5.74) is -4.21. The highest BCUT2D eigenvalue weighted by Crippen LogP contribution is 2.35. The van der Waals surface area contributed by atoms with Gasteiger partial charge < -0.3 is 0 Å². The molecule has 0 atom stereocenters. The number of hydrogen-bond donors (Lipinski definition) is 0. The summed E-state index contributed by atoms with van der Waals surface area (Å²) in [6.07, 6.45) is -8.77. The van der Waals surface area contributed by atoms with Crippen molar-refractivity contribution in [2.75, 3.05) is 0 Å². The lowest BCUT2D eigenvalue weighted by Crippen LogP contribution is -2.14. The second kappa shape index (κ2) is 4.96. The Morgan fingerprint density at radius 3 is 2.28 bits per heavy atom. The number of rotatable bonds is 2. The van der Waals surface area contributed by atoms with Crippen molar-refractivity contribution >= 4 is 0 Å². The molecular formula is C10H4F5N3. The molecule has 0 aliphatic carbocycles. The highest BCUT2D eigenvalue weighted by Gasteiger charge is 2.38. The van der Waals surface area contributed by atoms with E-state index in [1.807, 2.05) is 0 Å². The largest absolute Gasteiger partial charge is 0.419 e. The molecule has 0 radical (unpaired) electrons. The summed E-state index contributed by atoms with van der Waals surface area (Å²) in [6.45, 7) is 0. The van der Waals surface area contributed by atoms with Gasteiger partial charge >= 0.3 is 6.18 Å². The van der Waals surface area contributed by atoms with Gasteiger partial charge in [0.25, 0.3) is 6.43 Å². The van der Waals surface area contributed by atoms with Crippen LogP contribution in [0.3, 0.4) is 0 Å². The summed E-state index contributed by atoms with van der Waals surface area (Å²) in [5.74, 6) is 0. The summed E-state index contributed by atoms with van der Waals surface area (Å²) in [4.78, 5) is 2.96. The van der Waals surface area contributed by atoms with Crippen LogP contribution >= 0.6 is 0 Å². The first-order chi connectivity index (χ1) is 8.31. The van der Waals surface area contributed by atoms with E-state index in [1.165, 1.54) is 6.07 Å². The number of nitriles is 2. The van der Waals surface area contributed by atoms with Crippen LogP contribution in [0.1, 0.15) is 28.9 Å². The highest BCUT2D eigenvalue weighted by molar-refractivity contribution is 5.42. The van der Waals surface area contributed by atoms with Gasteiger partial charge in [-0.05, 0) is 11.6 Å². The zero-order chi connectivity index (χ0) is 13.9. The molecule has 1 heterocycles. The Hall–Kier alpha value is -2.22. The topological polar surface area (TPSA) is 60.5 Å². The Bertz CT molecular complexity index is 536. The van der Waals surface area contributed by atoms with Crippen molar-refractivity contribution in [2.45, 2.75) is 19.0 Å². The molecule has 0 aromatic carbocycles. The van der Waals surface area contributed by atoms with Crippen molar-refractivity contribution in [2.24, 2.45) is 0 Å². The molecule has 1 rings (SSSR count). The standard InChI is InChI=1S/C10H4F5N3/c11-9(12)6-3-5(1-2-16)8(10(13,14)15)7(4-17)18-6/h3,9H,1H2. The SMILES string of the molecule is N#CCc1cc(C(F)F)nc(C#N)c1C(F)(F)F. The van der Waals surface area contributed by atoms with Gasteiger partial charge in [0.05, 0.1) is 18.1 Å². The lowest BCUT2D eigenvalue weighted by molar-refractivity contribution is -0.138. The van der Waals surface area contributed by atoms with Crippen molar-refractivity contribution < 1.29 is 22.0 Å². The second-order valence-electron chi connectivity index (χ2n) is 3.18. The minimum Gasteiger partial charge on any atom is -0.235 e. The molecule has 0 saturated carbocycles. The van der Waals surface area contributed by atoms with Crippen LogP contribution in [-0.4, -0.2) is 4.98 Å². The van der Waals surface area contributed by atoms with Gasteiger partial charge in [-0.15, -0.1) is 0 Å². The van der Waals surface area contributed by atoms with E-state index in [1.54, 1.807) is 0 Å². The normalized spacial score (nSPS) is 11.1. The van der Waals surface area contributed by atoms with Crippen LogP contribution in [0.25, 0.3) is 0 Å². The Labute approximate surface area is 98.1 Å². The Morgan fingerprint density at radius 2 is 1.89 bits per heavy atom. The van der Waals surface area contributed by atoms with Crippen molar-refractivity contribution in [1.29, 1.82) is 10.5 Å². The van der Waals surface area contributed by atoms with Gasteiger partial charge in [0.15, 0.2) is 5.69 Å². The molecule has 0 aliphatic rings. The van der Waals surface area contributed by atoms with E-state index in [2.05, 4.69) is 4.98 Å². The van der Waals surface area contributed by atoms with Crippen molar-refractivity contribution in [3.63, 3.8) is 0 Å². The first kappa shape index (κ1) is 13.8. The Balaban J connectivity index is 3.59. The van der Waals surface area contributed by atoms with E-state index in [0.29, 0.717) is 6.07 Å². The van der Waals surface area contributed by atoms with Gasteiger partial charge in [-0.25, -0.2) is 13.8 Å². The van der Waals surface area contributed by atoms with Crippen LogP contribution in [-0.2, 0) is 12.6 Å². The first-order valence-electron chi connectivity index (χ1n) is 4.47. The lowest BCUT2D eigenvalue weighted by Gasteiger charge is -2.13. The summed E-state index contributed by atoms with van der Waals surface area (Å²) >= 11 is 0. The number of pyridine rings is 1. The van der Waals surface area contributed by atoms with Gasteiger partial charge in [0, 0.05) is 0 Å². The van der Waals surface area contributed by atoms with Crippen LogP contribution < -0.4 is 0 Å². The predicted molar refractivity (Wildman–Crippen MR) is 48.2 cm³/mol. The van der Waals surface area contributed by atoms with E-state index in [0.717, 1.165) is 6.07 Å². The average molecular weight is 261 g/mol. The number of aromatic nitrogens is 1. The molecule has 94 valence electrons. The molecule has 0 bridgehead atoms. The zero-order valence-corrected chi connectivity index (χ0v) is 8.59. The maximum absolute atomic E-state index is 12.7. The van der Waals surface area contributed by atoms with Gasteiger partial charge in [0.1, 0.15) is 11.8 Å². The molecule has 0 saturated heterocycles. The van der Waals surface area contributed by atoms with Crippen LogP contribution in [0.15, 0.2) is 6.07 Å². The minimum atomic E-state index is -4.93. The quantitative estimate of drug-likeness (QED) is 0.769. The van der Waals surface area contributed by atoms with Crippen LogP contribution in [0, 0.1) is 22.7 Å². The Morgan fingerprint density at radius 1 is 1.28 bits per heavy atom. The molecule has 0 spiro atoms. The van der Waals surface area contributed by atoms with Crippen LogP contribution in [0.5, 0.6) is 0 Å². The number of alkyl halides is 5. The van der Waals surface area contributed by atoms with Crippen molar-refractivity contribution in [3.05, 3.63) is 28.6 Å². The van der Waals surface area contributed by atoms with E-state index in [4.69, 9.17) is 10.5 Å².